The highest BCUT2D eigenvalue weighted by Crippen LogP contribution is 2.37. The van der Waals surface area contributed by atoms with Crippen LogP contribution in [-0.4, -0.2) is 29.0 Å². The molecule has 0 aromatic heterocycles. The van der Waals surface area contributed by atoms with Gasteiger partial charge < -0.3 is 20.7 Å². The summed E-state index contributed by atoms with van der Waals surface area (Å²) in [6, 6.07) is 5.63. The molecular weight excluding hydrogens is 362 g/mol. The molecule has 1 fully saturated rings. The predicted molar refractivity (Wildman–Crippen MR) is 120 cm³/mol. The monoisotopic (exact) mass is 405 g/mol. The molecule has 0 radical (unpaired) electrons. The van der Waals surface area contributed by atoms with Gasteiger partial charge in [-0.2, -0.15) is 0 Å². The Morgan fingerprint density at radius 2 is 1.79 bits per heavy atom. The Labute approximate surface area is 177 Å². The van der Waals surface area contributed by atoms with Gasteiger partial charge in [0.2, 0.25) is 0 Å². The van der Waals surface area contributed by atoms with E-state index in [1.807, 2.05) is 12.1 Å². The molecule has 1 atom stereocenters. The molecule has 4 nitrogen and oxygen atoms in total. The third kappa shape index (κ3) is 9.86. The average Bonchev–Trinajstić information content (AvgIpc) is 3.50. The van der Waals surface area contributed by atoms with Gasteiger partial charge in [-0.3, -0.25) is 0 Å². The fourth-order valence-electron chi connectivity index (χ4n) is 3.92. The average molecular weight is 406 g/mol. The molecule has 29 heavy (non-hydrogen) atoms. The van der Waals surface area contributed by atoms with E-state index >= 15 is 0 Å². The van der Waals surface area contributed by atoms with Crippen molar-refractivity contribution in [3.05, 3.63) is 23.8 Å². The van der Waals surface area contributed by atoms with Gasteiger partial charge in [-0.1, -0.05) is 71.3 Å². The number of hydrogen-bond acceptors (Lipinski definition) is 4. The van der Waals surface area contributed by atoms with E-state index in [1.165, 1.54) is 51.4 Å². The number of benzene rings is 1. The number of phenols is 1. The Balaban J connectivity index is 1.62. The predicted octanol–water partition coefficient (Wildman–Crippen LogP) is 5.58. The normalized spacial score (nSPS) is 16.2. The molecule has 1 unspecified atom stereocenters. The molecule has 0 saturated heterocycles. The van der Waals surface area contributed by atoms with E-state index in [1.54, 1.807) is 6.07 Å². The molecule has 1 aromatic carbocycles. The maximum Gasteiger partial charge on any atom is 0.160 e. The number of phenolic OH excluding ortho intramolecular Hbond substituents is 1. The number of aliphatic hydroxyl groups is 1. The highest BCUT2D eigenvalue weighted by atomic mass is 16.5. The second-order valence-corrected chi connectivity index (χ2v) is 9.62. The van der Waals surface area contributed by atoms with Crippen molar-refractivity contribution in [1.82, 2.24) is 0 Å². The first-order chi connectivity index (χ1) is 13.9. The van der Waals surface area contributed by atoms with Crippen LogP contribution in [0, 0.1) is 11.8 Å². The van der Waals surface area contributed by atoms with Crippen LogP contribution in [0.5, 0.6) is 11.5 Å². The highest BCUT2D eigenvalue weighted by Gasteiger charge is 2.33. The van der Waals surface area contributed by atoms with Crippen molar-refractivity contribution in [2.75, 3.05) is 13.2 Å². The van der Waals surface area contributed by atoms with Crippen molar-refractivity contribution in [2.24, 2.45) is 17.6 Å². The van der Waals surface area contributed by atoms with Crippen LogP contribution < -0.4 is 10.5 Å². The van der Waals surface area contributed by atoms with Crippen molar-refractivity contribution in [3.8, 4) is 11.5 Å². The Kier molecular flexibility index (Phi) is 10.3. The van der Waals surface area contributed by atoms with E-state index in [2.05, 4.69) is 13.8 Å². The molecule has 2 rings (SSSR count). The minimum Gasteiger partial charge on any atom is -0.504 e. The Morgan fingerprint density at radius 3 is 2.41 bits per heavy atom. The maximum atomic E-state index is 10.3. The quantitative estimate of drug-likeness (QED) is 0.314. The third-order valence-electron chi connectivity index (χ3n) is 6.08. The van der Waals surface area contributed by atoms with Crippen LogP contribution in [0.2, 0.25) is 0 Å². The van der Waals surface area contributed by atoms with Gasteiger partial charge >= 0.3 is 0 Å². The number of nitrogens with two attached hydrogens (primary N) is 1. The van der Waals surface area contributed by atoms with Gasteiger partial charge in [-0.05, 0) is 55.2 Å². The summed E-state index contributed by atoms with van der Waals surface area (Å²) in [7, 11) is 0. The summed E-state index contributed by atoms with van der Waals surface area (Å²) in [6.45, 7) is 5.25. The standard InChI is InChI=1S/C25H43NO3/c1-20(2)9-7-5-3-4-6-8-16-29-24-13-12-21(17-23(24)28)14-15-25(26,19-27)18-22-10-11-22/h12-13,17,20,22,27-28H,3-11,14-16,18-19,26H2,1-2H3. The molecule has 4 N–H and O–H groups in total. The van der Waals surface area contributed by atoms with E-state index in [9.17, 15) is 10.2 Å². The first-order valence-corrected chi connectivity index (χ1v) is 11.8. The van der Waals surface area contributed by atoms with Crippen molar-refractivity contribution < 1.29 is 14.9 Å². The smallest absolute Gasteiger partial charge is 0.160 e. The molecule has 0 amide bonds. The number of hydrogen-bond donors (Lipinski definition) is 3. The fourth-order valence-corrected chi connectivity index (χ4v) is 3.92. The zero-order chi connectivity index (χ0) is 21.1. The Bertz CT molecular complexity index is 585. The summed E-state index contributed by atoms with van der Waals surface area (Å²) in [5, 5.41) is 19.9. The van der Waals surface area contributed by atoms with Crippen molar-refractivity contribution >= 4 is 0 Å². The van der Waals surface area contributed by atoms with Crippen LogP contribution in [0.25, 0.3) is 0 Å². The lowest BCUT2D eigenvalue weighted by Crippen LogP contribution is -2.44. The van der Waals surface area contributed by atoms with Crippen LogP contribution in [0.3, 0.4) is 0 Å². The third-order valence-corrected chi connectivity index (χ3v) is 6.08. The molecule has 1 aliphatic carbocycles. The van der Waals surface area contributed by atoms with Gasteiger partial charge in [0.15, 0.2) is 11.5 Å². The molecular formula is C25H43NO3. The minimum absolute atomic E-state index is 0.0222. The number of aryl methyl sites for hydroxylation is 1. The number of unbranched alkanes of at least 4 members (excludes halogenated alkanes) is 5. The van der Waals surface area contributed by atoms with Crippen LogP contribution in [0.15, 0.2) is 18.2 Å². The number of aromatic hydroxyl groups is 1. The maximum absolute atomic E-state index is 10.3. The zero-order valence-corrected chi connectivity index (χ0v) is 18.7. The van der Waals surface area contributed by atoms with Gasteiger partial charge in [-0.25, -0.2) is 0 Å². The fraction of sp³-hybridized carbons (Fsp3) is 0.760. The summed E-state index contributed by atoms with van der Waals surface area (Å²) >= 11 is 0. The molecule has 0 heterocycles. The van der Waals surface area contributed by atoms with Gasteiger partial charge in [0.1, 0.15) is 0 Å². The van der Waals surface area contributed by atoms with Gasteiger partial charge in [-0.15, -0.1) is 0 Å². The molecule has 1 aromatic rings. The van der Waals surface area contributed by atoms with Crippen LogP contribution in [0.1, 0.15) is 90.0 Å². The van der Waals surface area contributed by atoms with Gasteiger partial charge in [0.25, 0.3) is 0 Å². The zero-order valence-electron chi connectivity index (χ0n) is 18.7. The lowest BCUT2D eigenvalue weighted by molar-refractivity contribution is 0.172. The van der Waals surface area contributed by atoms with Gasteiger partial charge in [0.05, 0.1) is 13.2 Å². The first-order valence-electron chi connectivity index (χ1n) is 11.8. The largest absolute Gasteiger partial charge is 0.504 e. The van der Waals surface area contributed by atoms with Crippen LogP contribution in [0.4, 0.5) is 0 Å². The molecule has 0 bridgehead atoms. The lowest BCUT2D eigenvalue weighted by atomic mass is 9.88. The molecule has 0 aliphatic heterocycles. The number of aliphatic hydroxyl groups excluding tert-OH is 1. The van der Waals surface area contributed by atoms with Crippen LogP contribution in [-0.2, 0) is 6.42 Å². The number of ether oxygens (including phenoxy) is 1. The van der Waals surface area contributed by atoms with E-state index in [0.29, 0.717) is 18.3 Å². The molecule has 1 aliphatic rings. The lowest BCUT2D eigenvalue weighted by Gasteiger charge is -2.27. The minimum atomic E-state index is -0.499. The molecule has 1 saturated carbocycles. The van der Waals surface area contributed by atoms with E-state index in [0.717, 1.165) is 37.2 Å². The summed E-state index contributed by atoms with van der Waals surface area (Å²) < 4.78 is 5.76. The van der Waals surface area contributed by atoms with Gasteiger partial charge in [0, 0.05) is 5.54 Å². The molecule has 166 valence electrons. The first kappa shape index (κ1) is 24.0. The second kappa shape index (κ2) is 12.4. The highest BCUT2D eigenvalue weighted by molar-refractivity contribution is 5.41. The summed E-state index contributed by atoms with van der Waals surface area (Å²) in [6.07, 6.45) is 13.7. The van der Waals surface area contributed by atoms with Crippen LogP contribution >= 0.6 is 0 Å². The van der Waals surface area contributed by atoms with E-state index < -0.39 is 5.54 Å². The topological polar surface area (TPSA) is 75.7 Å². The summed E-state index contributed by atoms with van der Waals surface area (Å²) in [5.74, 6) is 2.27. The van der Waals surface area contributed by atoms with E-state index in [4.69, 9.17) is 10.5 Å². The van der Waals surface area contributed by atoms with Crippen molar-refractivity contribution in [1.29, 1.82) is 0 Å². The van der Waals surface area contributed by atoms with E-state index in [-0.39, 0.29) is 12.4 Å². The number of rotatable bonds is 16. The Morgan fingerprint density at radius 1 is 1.10 bits per heavy atom. The van der Waals surface area contributed by atoms with Crippen molar-refractivity contribution in [2.45, 2.75) is 96.4 Å². The summed E-state index contributed by atoms with van der Waals surface area (Å²) in [4.78, 5) is 0. The van der Waals surface area contributed by atoms with Crippen molar-refractivity contribution in [3.63, 3.8) is 0 Å². The molecule has 4 heteroatoms. The molecule has 0 spiro atoms. The SMILES string of the molecule is CC(C)CCCCCCCCOc1ccc(CCC(N)(CO)CC2CC2)cc1O. The Hall–Kier alpha value is -1.26. The second-order valence-electron chi connectivity index (χ2n) is 9.62. The summed E-state index contributed by atoms with van der Waals surface area (Å²) in [5.41, 5.74) is 6.90.